The van der Waals surface area contributed by atoms with Crippen LogP contribution >= 0.6 is 11.3 Å². The van der Waals surface area contributed by atoms with Gasteiger partial charge in [0.25, 0.3) is 6.43 Å². The van der Waals surface area contributed by atoms with Crippen LogP contribution in [0.5, 0.6) is 0 Å². The van der Waals surface area contributed by atoms with Gasteiger partial charge in [0, 0.05) is 6.54 Å². The number of alkyl halides is 2. The van der Waals surface area contributed by atoms with Crippen molar-refractivity contribution in [2.24, 2.45) is 0 Å². The number of anilines is 1. The van der Waals surface area contributed by atoms with Crippen LogP contribution in [0.25, 0.3) is 10.2 Å². The van der Waals surface area contributed by atoms with Crippen molar-refractivity contribution >= 4 is 33.3 Å². The lowest BCUT2D eigenvalue weighted by atomic mass is 10.2. The molecular weight excluding hydrogens is 304 g/mol. The number of hydrogen-bond acceptors (Lipinski definition) is 6. The summed E-state index contributed by atoms with van der Waals surface area (Å²) in [6, 6.07) is 0. The predicted octanol–water partition coefficient (Wildman–Crippen LogP) is 2.39. The molecule has 114 valence electrons. The van der Waals surface area contributed by atoms with E-state index in [4.69, 9.17) is 9.84 Å². The molecule has 0 saturated carbocycles. The van der Waals surface area contributed by atoms with Crippen molar-refractivity contribution in [1.29, 1.82) is 0 Å². The highest BCUT2D eigenvalue weighted by Crippen LogP contribution is 2.32. The van der Waals surface area contributed by atoms with Crippen molar-refractivity contribution in [1.82, 2.24) is 9.97 Å². The third-order valence-corrected chi connectivity index (χ3v) is 3.89. The first-order valence-corrected chi connectivity index (χ1v) is 6.89. The summed E-state index contributed by atoms with van der Waals surface area (Å²) >= 11 is 1.07. The molecule has 21 heavy (non-hydrogen) atoms. The van der Waals surface area contributed by atoms with Gasteiger partial charge in [0.15, 0.2) is 0 Å². The first-order chi connectivity index (χ1) is 10.0. The maximum absolute atomic E-state index is 11.9. The molecule has 0 aliphatic heterocycles. The Morgan fingerprint density at radius 2 is 2.29 bits per heavy atom. The van der Waals surface area contributed by atoms with Gasteiger partial charge in [0.05, 0.1) is 12.0 Å². The highest BCUT2D eigenvalue weighted by Gasteiger charge is 2.18. The largest absolute Gasteiger partial charge is 0.477 e. The average molecular weight is 317 g/mol. The summed E-state index contributed by atoms with van der Waals surface area (Å²) in [6.45, 7) is 1.47. The number of thiophene rings is 1. The number of nitrogens with zero attached hydrogens (tertiary/aromatic N) is 2. The lowest BCUT2D eigenvalue weighted by Crippen LogP contribution is -2.14. The average Bonchev–Trinajstić information content (AvgIpc) is 2.76. The Balaban J connectivity index is 2.11. The highest BCUT2D eigenvalue weighted by molar-refractivity contribution is 7.20. The monoisotopic (exact) mass is 317 g/mol. The van der Waals surface area contributed by atoms with Gasteiger partial charge < -0.3 is 15.2 Å². The summed E-state index contributed by atoms with van der Waals surface area (Å²) in [5.74, 6) is -0.538. The molecule has 2 rings (SSSR count). The lowest BCUT2D eigenvalue weighted by molar-refractivity contribution is 0.0215. The number of carboxylic acids is 1. The number of halogens is 2. The molecule has 0 unspecified atom stereocenters. The topological polar surface area (TPSA) is 84.3 Å². The molecule has 0 radical (unpaired) electrons. The third kappa shape index (κ3) is 3.61. The van der Waals surface area contributed by atoms with Gasteiger partial charge in [-0.25, -0.2) is 23.5 Å². The Labute approximate surface area is 122 Å². The summed E-state index contributed by atoms with van der Waals surface area (Å²) in [4.78, 5) is 20.0. The molecule has 0 aromatic carbocycles. The summed E-state index contributed by atoms with van der Waals surface area (Å²) < 4.78 is 28.6. The minimum absolute atomic E-state index is 0.102. The van der Waals surface area contributed by atoms with Crippen molar-refractivity contribution in [2.75, 3.05) is 25.1 Å². The molecule has 0 spiro atoms. The van der Waals surface area contributed by atoms with Crippen LogP contribution in [0.3, 0.4) is 0 Å². The van der Waals surface area contributed by atoms with E-state index < -0.39 is 19.0 Å². The first kappa shape index (κ1) is 15.5. The predicted molar refractivity (Wildman–Crippen MR) is 74.4 cm³/mol. The van der Waals surface area contributed by atoms with Crippen molar-refractivity contribution in [3.05, 3.63) is 16.8 Å². The summed E-state index contributed by atoms with van der Waals surface area (Å²) in [5.41, 5.74) is 0.582. The van der Waals surface area contributed by atoms with Crippen LogP contribution in [0.15, 0.2) is 6.33 Å². The van der Waals surface area contributed by atoms with E-state index >= 15 is 0 Å². The second-order valence-electron chi connectivity index (χ2n) is 4.16. The second-order valence-corrected chi connectivity index (χ2v) is 5.16. The summed E-state index contributed by atoms with van der Waals surface area (Å²) in [6.07, 6.45) is -1.17. The van der Waals surface area contributed by atoms with Gasteiger partial charge in [-0.1, -0.05) is 0 Å². The number of hydrogen-bond donors (Lipinski definition) is 2. The van der Waals surface area contributed by atoms with Gasteiger partial charge in [-0.15, -0.1) is 11.3 Å². The number of aromatic carboxylic acids is 1. The van der Waals surface area contributed by atoms with Crippen molar-refractivity contribution in [3.8, 4) is 0 Å². The SMILES string of the molecule is Cc1c(C(=O)O)sc2ncnc(NCCOCC(F)F)c12. The molecular formula is C12H13F2N3O3S. The molecule has 0 aliphatic rings. The minimum atomic E-state index is -2.49. The molecule has 0 saturated heterocycles. The van der Waals surface area contributed by atoms with Crippen LogP contribution in [0.1, 0.15) is 15.2 Å². The molecule has 2 heterocycles. The van der Waals surface area contributed by atoms with Gasteiger partial charge in [-0.05, 0) is 12.5 Å². The van der Waals surface area contributed by atoms with Gasteiger partial charge in [0.2, 0.25) is 0 Å². The van der Waals surface area contributed by atoms with E-state index in [1.807, 2.05) is 0 Å². The smallest absolute Gasteiger partial charge is 0.346 e. The molecule has 2 aromatic heterocycles. The molecule has 2 aromatic rings. The zero-order valence-electron chi connectivity index (χ0n) is 11.1. The molecule has 0 amide bonds. The molecule has 0 aliphatic carbocycles. The minimum Gasteiger partial charge on any atom is -0.477 e. The van der Waals surface area contributed by atoms with Gasteiger partial charge in [-0.3, -0.25) is 0 Å². The maximum atomic E-state index is 11.9. The Hall–Kier alpha value is -1.87. The van der Waals surface area contributed by atoms with E-state index in [0.29, 0.717) is 21.6 Å². The molecule has 6 nitrogen and oxygen atoms in total. The number of ether oxygens (including phenoxy) is 1. The number of fused-ring (bicyclic) bond motifs is 1. The fourth-order valence-corrected chi connectivity index (χ4v) is 2.81. The van der Waals surface area contributed by atoms with Crippen LogP contribution < -0.4 is 5.32 Å². The van der Waals surface area contributed by atoms with Crippen LogP contribution in [0.2, 0.25) is 0 Å². The number of carbonyl (C=O) groups is 1. The summed E-state index contributed by atoms with van der Waals surface area (Å²) in [5, 5.41) is 12.7. The third-order valence-electron chi connectivity index (χ3n) is 2.70. The number of aryl methyl sites for hydroxylation is 1. The maximum Gasteiger partial charge on any atom is 0.346 e. The standard InChI is InChI=1S/C12H13F2N3O3S/c1-6-8-10(15-2-3-20-4-7(13)14)16-5-17-11(8)21-9(6)12(18)19/h5,7H,2-4H2,1H3,(H,18,19)(H,15,16,17). The zero-order chi connectivity index (χ0) is 15.4. The fourth-order valence-electron chi connectivity index (χ4n) is 1.82. The van der Waals surface area contributed by atoms with Crippen molar-refractivity contribution in [2.45, 2.75) is 13.3 Å². The Morgan fingerprint density at radius 3 is 2.95 bits per heavy atom. The molecule has 2 N–H and O–H groups in total. The van der Waals surface area contributed by atoms with E-state index in [1.54, 1.807) is 6.92 Å². The molecule has 0 bridgehead atoms. The molecule has 0 atom stereocenters. The van der Waals surface area contributed by atoms with Crippen LogP contribution in [0.4, 0.5) is 14.6 Å². The Morgan fingerprint density at radius 1 is 1.52 bits per heavy atom. The number of rotatable bonds is 7. The number of carboxylic acid groups (broad SMARTS) is 1. The van der Waals surface area contributed by atoms with Crippen LogP contribution in [0, 0.1) is 6.92 Å². The van der Waals surface area contributed by atoms with E-state index in [0.717, 1.165) is 11.3 Å². The van der Waals surface area contributed by atoms with Gasteiger partial charge >= 0.3 is 5.97 Å². The van der Waals surface area contributed by atoms with Gasteiger partial charge in [-0.2, -0.15) is 0 Å². The highest BCUT2D eigenvalue weighted by atomic mass is 32.1. The van der Waals surface area contributed by atoms with Gasteiger partial charge in [0.1, 0.15) is 28.5 Å². The van der Waals surface area contributed by atoms with Crippen molar-refractivity contribution < 1.29 is 23.4 Å². The van der Waals surface area contributed by atoms with E-state index in [2.05, 4.69) is 15.3 Å². The number of aromatic nitrogens is 2. The van der Waals surface area contributed by atoms with Crippen LogP contribution in [-0.2, 0) is 4.74 Å². The Bertz CT molecular complexity index is 648. The number of nitrogens with one attached hydrogen (secondary N) is 1. The second kappa shape index (κ2) is 6.72. The molecule has 9 heteroatoms. The zero-order valence-corrected chi connectivity index (χ0v) is 11.9. The lowest BCUT2D eigenvalue weighted by Gasteiger charge is -2.07. The molecule has 0 fully saturated rings. The normalized spacial score (nSPS) is 11.2. The Kier molecular flexibility index (Phi) is 4.97. The van der Waals surface area contributed by atoms with E-state index in [1.165, 1.54) is 6.33 Å². The van der Waals surface area contributed by atoms with Crippen molar-refractivity contribution in [3.63, 3.8) is 0 Å². The first-order valence-electron chi connectivity index (χ1n) is 6.08. The van der Waals surface area contributed by atoms with Crippen LogP contribution in [-0.4, -0.2) is 47.2 Å². The fraction of sp³-hybridized carbons (Fsp3) is 0.417. The summed E-state index contributed by atoms with van der Waals surface area (Å²) in [7, 11) is 0. The quantitative estimate of drug-likeness (QED) is 0.763. The van der Waals surface area contributed by atoms with E-state index in [9.17, 15) is 13.6 Å². The van der Waals surface area contributed by atoms with E-state index in [-0.39, 0.29) is 18.0 Å².